The SMILES string of the molecule is Cn1ccnc1SCc1coc(-c2ccc(Cl)cc2)n1. The van der Waals surface area contributed by atoms with Gasteiger partial charge >= 0.3 is 0 Å². The molecule has 0 N–H and O–H groups in total. The maximum absolute atomic E-state index is 5.86. The van der Waals surface area contributed by atoms with Crippen molar-refractivity contribution in [3.8, 4) is 11.5 Å². The summed E-state index contributed by atoms with van der Waals surface area (Å²) in [4.78, 5) is 8.73. The number of thioether (sulfide) groups is 1. The molecule has 0 bridgehead atoms. The molecular formula is C14H12ClN3OS. The molecule has 3 rings (SSSR count). The maximum atomic E-state index is 5.86. The zero-order valence-electron chi connectivity index (χ0n) is 10.8. The van der Waals surface area contributed by atoms with Crippen LogP contribution >= 0.6 is 23.4 Å². The van der Waals surface area contributed by atoms with E-state index in [2.05, 4.69) is 9.97 Å². The van der Waals surface area contributed by atoms with Gasteiger partial charge in [-0.25, -0.2) is 9.97 Å². The second kappa shape index (κ2) is 5.73. The highest BCUT2D eigenvalue weighted by molar-refractivity contribution is 7.98. The number of halogens is 1. The van der Waals surface area contributed by atoms with Crippen molar-refractivity contribution in [2.45, 2.75) is 10.9 Å². The molecule has 6 heteroatoms. The van der Waals surface area contributed by atoms with Crippen LogP contribution in [0, 0.1) is 0 Å². The Hall–Kier alpha value is -1.72. The molecule has 0 unspecified atom stereocenters. The van der Waals surface area contributed by atoms with Gasteiger partial charge in [0.25, 0.3) is 0 Å². The van der Waals surface area contributed by atoms with Crippen molar-refractivity contribution in [2.24, 2.45) is 7.05 Å². The Bertz CT molecular complexity index is 705. The van der Waals surface area contributed by atoms with Crippen LogP contribution in [-0.2, 0) is 12.8 Å². The zero-order chi connectivity index (χ0) is 13.9. The van der Waals surface area contributed by atoms with Crippen LogP contribution in [0.3, 0.4) is 0 Å². The summed E-state index contributed by atoms with van der Waals surface area (Å²) in [6.45, 7) is 0. The van der Waals surface area contributed by atoms with Crippen molar-refractivity contribution in [3.63, 3.8) is 0 Å². The van der Waals surface area contributed by atoms with Gasteiger partial charge in [-0.05, 0) is 24.3 Å². The summed E-state index contributed by atoms with van der Waals surface area (Å²) in [5.74, 6) is 1.33. The Morgan fingerprint density at radius 1 is 1.30 bits per heavy atom. The van der Waals surface area contributed by atoms with E-state index < -0.39 is 0 Å². The summed E-state index contributed by atoms with van der Waals surface area (Å²) in [5.41, 5.74) is 1.81. The predicted molar refractivity (Wildman–Crippen MR) is 79.7 cm³/mol. The van der Waals surface area contributed by atoms with Gasteiger partial charge in [-0.1, -0.05) is 23.4 Å². The first-order chi connectivity index (χ1) is 9.72. The number of oxazole rings is 1. The molecule has 102 valence electrons. The molecule has 0 fully saturated rings. The number of hydrogen-bond acceptors (Lipinski definition) is 4. The Balaban J connectivity index is 1.71. The van der Waals surface area contributed by atoms with Gasteiger partial charge in [-0.2, -0.15) is 0 Å². The van der Waals surface area contributed by atoms with Crippen LogP contribution < -0.4 is 0 Å². The number of aromatic nitrogens is 3. The molecule has 4 nitrogen and oxygen atoms in total. The molecule has 0 saturated carbocycles. The topological polar surface area (TPSA) is 43.9 Å². The van der Waals surface area contributed by atoms with Crippen molar-refractivity contribution < 1.29 is 4.42 Å². The van der Waals surface area contributed by atoms with Gasteiger partial charge in [0.2, 0.25) is 5.89 Å². The van der Waals surface area contributed by atoms with E-state index in [4.69, 9.17) is 16.0 Å². The second-order valence-electron chi connectivity index (χ2n) is 4.26. The van der Waals surface area contributed by atoms with Gasteiger partial charge in [-0.15, -0.1) is 0 Å². The molecule has 0 atom stereocenters. The van der Waals surface area contributed by atoms with E-state index in [0.717, 1.165) is 22.2 Å². The van der Waals surface area contributed by atoms with Gasteiger partial charge in [0.15, 0.2) is 5.16 Å². The smallest absolute Gasteiger partial charge is 0.226 e. The van der Waals surface area contributed by atoms with Crippen molar-refractivity contribution >= 4 is 23.4 Å². The maximum Gasteiger partial charge on any atom is 0.226 e. The molecule has 1 aromatic carbocycles. The summed E-state index contributed by atoms with van der Waals surface area (Å²) in [7, 11) is 1.97. The summed E-state index contributed by atoms with van der Waals surface area (Å²) < 4.78 is 7.47. The average molecular weight is 306 g/mol. The molecule has 0 aliphatic heterocycles. The van der Waals surface area contributed by atoms with Crippen LogP contribution in [0.25, 0.3) is 11.5 Å². The van der Waals surface area contributed by atoms with E-state index in [1.165, 1.54) is 0 Å². The third-order valence-electron chi connectivity index (χ3n) is 2.77. The molecule has 2 aromatic heterocycles. The monoisotopic (exact) mass is 305 g/mol. The molecule has 0 aliphatic rings. The van der Waals surface area contributed by atoms with Crippen LogP contribution in [0.4, 0.5) is 0 Å². The molecule has 0 amide bonds. The van der Waals surface area contributed by atoms with Crippen LogP contribution in [0.15, 0.2) is 52.5 Å². The lowest BCUT2D eigenvalue weighted by molar-refractivity contribution is 0.573. The number of aryl methyl sites for hydroxylation is 1. The van der Waals surface area contributed by atoms with Gasteiger partial charge in [0, 0.05) is 35.8 Å². The molecule has 0 aliphatic carbocycles. The van der Waals surface area contributed by atoms with Crippen LogP contribution in [0.5, 0.6) is 0 Å². The van der Waals surface area contributed by atoms with Gasteiger partial charge in [-0.3, -0.25) is 0 Å². The first-order valence-electron chi connectivity index (χ1n) is 6.03. The van der Waals surface area contributed by atoms with Crippen LogP contribution in [0.1, 0.15) is 5.69 Å². The fraction of sp³-hybridized carbons (Fsp3) is 0.143. The first kappa shape index (κ1) is 13.3. The summed E-state index contributed by atoms with van der Waals surface area (Å²) in [6.07, 6.45) is 5.38. The molecule has 0 radical (unpaired) electrons. The lowest BCUT2D eigenvalue weighted by Gasteiger charge is -1.98. The average Bonchev–Trinajstić information content (AvgIpc) is 3.06. The highest BCUT2D eigenvalue weighted by atomic mass is 35.5. The Morgan fingerprint density at radius 2 is 2.10 bits per heavy atom. The molecular weight excluding hydrogens is 294 g/mol. The van der Waals surface area contributed by atoms with Gasteiger partial charge in [0.1, 0.15) is 6.26 Å². The highest BCUT2D eigenvalue weighted by Gasteiger charge is 2.08. The summed E-state index contributed by atoms with van der Waals surface area (Å²) in [5, 5.41) is 1.66. The minimum absolute atomic E-state index is 0.608. The summed E-state index contributed by atoms with van der Waals surface area (Å²) >= 11 is 7.49. The lowest BCUT2D eigenvalue weighted by atomic mass is 10.2. The number of benzene rings is 1. The third kappa shape index (κ3) is 2.89. The minimum atomic E-state index is 0.608. The number of imidazole rings is 1. The standard InChI is InChI=1S/C14H12ClN3OS/c1-18-7-6-16-14(18)20-9-12-8-19-13(17-12)10-2-4-11(15)5-3-10/h2-8H,9H2,1H3. The Labute approximate surface area is 125 Å². The van der Waals surface area contributed by atoms with E-state index in [1.807, 2.05) is 42.1 Å². The molecule has 20 heavy (non-hydrogen) atoms. The Kier molecular flexibility index (Phi) is 3.80. The van der Waals surface area contributed by atoms with Crippen LogP contribution in [-0.4, -0.2) is 14.5 Å². The number of hydrogen-bond donors (Lipinski definition) is 0. The Morgan fingerprint density at radius 3 is 2.80 bits per heavy atom. The fourth-order valence-corrected chi connectivity index (χ4v) is 2.66. The third-order valence-corrected chi connectivity index (χ3v) is 4.11. The van der Waals surface area contributed by atoms with Gasteiger partial charge in [0.05, 0.1) is 5.69 Å². The van der Waals surface area contributed by atoms with Crippen LogP contribution in [0.2, 0.25) is 5.02 Å². The van der Waals surface area contributed by atoms with E-state index >= 15 is 0 Å². The molecule has 0 saturated heterocycles. The van der Waals surface area contributed by atoms with Crippen molar-refractivity contribution in [1.82, 2.24) is 14.5 Å². The normalized spacial score (nSPS) is 10.9. The molecule has 2 heterocycles. The highest BCUT2D eigenvalue weighted by Crippen LogP contribution is 2.24. The quantitative estimate of drug-likeness (QED) is 0.683. The number of rotatable bonds is 4. The van der Waals surface area contributed by atoms with Gasteiger partial charge < -0.3 is 8.98 Å². The molecule has 0 spiro atoms. The van der Waals surface area contributed by atoms with E-state index in [-0.39, 0.29) is 0 Å². The van der Waals surface area contributed by atoms with E-state index in [9.17, 15) is 0 Å². The first-order valence-corrected chi connectivity index (χ1v) is 7.39. The largest absolute Gasteiger partial charge is 0.444 e. The van der Waals surface area contributed by atoms with Crippen molar-refractivity contribution in [3.05, 3.63) is 53.6 Å². The summed E-state index contributed by atoms with van der Waals surface area (Å²) in [6, 6.07) is 7.43. The lowest BCUT2D eigenvalue weighted by Crippen LogP contribution is -1.90. The predicted octanol–water partition coefficient (Wildman–Crippen LogP) is 4.02. The van der Waals surface area contributed by atoms with Crippen molar-refractivity contribution in [2.75, 3.05) is 0 Å². The number of nitrogens with zero attached hydrogens (tertiary/aromatic N) is 3. The van der Waals surface area contributed by atoms with E-state index in [1.54, 1.807) is 24.2 Å². The zero-order valence-corrected chi connectivity index (χ0v) is 12.4. The minimum Gasteiger partial charge on any atom is -0.444 e. The fourth-order valence-electron chi connectivity index (χ4n) is 1.73. The van der Waals surface area contributed by atoms with E-state index in [0.29, 0.717) is 10.9 Å². The molecule has 3 aromatic rings. The van der Waals surface area contributed by atoms with Crippen molar-refractivity contribution in [1.29, 1.82) is 0 Å². The second-order valence-corrected chi connectivity index (χ2v) is 5.64.